The molecule has 0 spiro atoms. The van der Waals surface area contributed by atoms with Crippen molar-refractivity contribution in [3.63, 3.8) is 0 Å². The number of thiophene rings is 1. The van der Waals surface area contributed by atoms with Crippen LogP contribution in [-0.2, 0) is 6.54 Å². The summed E-state index contributed by atoms with van der Waals surface area (Å²) >= 11 is 2.40. The monoisotopic (exact) mass is 411 g/mol. The van der Waals surface area contributed by atoms with Gasteiger partial charge in [0.25, 0.3) is 5.56 Å². The van der Waals surface area contributed by atoms with Crippen LogP contribution in [0, 0.1) is 17.1 Å². The molecule has 4 aromatic rings. The van der Waals surface area contributed by atoms with Crippen LogP contribution in [0.2, 0.25) is 0 Å². The second-order valence-corrected chi connectivity index (χ2v) is 7.97. The SMILES string of the molecule is COc1ccc(Cn2c(SCC#N)nc3c(sc4cccc(F)c43)c2=O)cc1. The van der Waals surface area contributed by atoms with Crippen LogP contribution in [0.5, 0.6) is 5.75 Å². The molecule has 0 bridgehead atoms. The number of thioether (sulfide) groups is 1. The van der Waals surface area contributed by atoms with Gasteiger partial charge >= 0.3 is 0 Å². The molecule has 2 aromatic carbocycles. The summed E-state index contributed by atoms with van der Waals surface area (Å²) in [5.74, 6) is 0.467. The third-order valence-electron chi connectivity index (χ3n) is 4.28. The topological polar surface area (TPSA) is 67.9 Å². The Balaban J connectivity index is 1.91. The quantitative estimate of drug-likeness (QED) is 0.359. The number of aromatic nitrogens is 2. The molecule has 0 N–H and O–H groups in total. The fraction of sp³-hybridized carbons (Fsp3) is 0.150. The number of hydrogen-bond acceptors (Lipinski definition) is 6. The van der Waals surface area contributed by atoms with E-state index in [0.717, 1.165) is 11.3 Å². The van der Waals surface area contributed by atoms with Gasteiger partial charge < -0.3 is 4.74 Å². The van der Waals surface area contributed by atoms with Crippen LogP contribution in [0.3, 0.4) is 0 Å². The second-order valence-electron chi connectivity index (χ2n) is 5.97. The van der Waals surface area contributed by atoms with E-state index in [1.54, 1.807) is 23.8 Å². The number of nitriles is 1. The number of nitrogens with zero attached hydrogens (tertiary/aromatic N) is 3. The third kappa shape index (κ3) is 3.23. The van der Waals surface area contributed by atoms with Gasteiger partial charge in [0.1, 0.15) is 21.8 Å². The summed E-state index contributed by atoms with van der Waals surface area (Å²) in [4.78, 5) is 17.8. The van der Waals surface area contributed by atoms with E-state index < -0.39 is 5.82 Å². The molecule has 0 radical (unpaired) electrons. The van der Waals surface area contributed by atoms with Crippen LogP contribution < -0.4 is 10.3 Å². The van der Waals surface area contributed by atoms with E-state index in [1.165, 1.54) is 29.2 Å². The highest BCUT2D eigenvalue weighted by Gasteiger charge is 2.18. The molecular formula is C20H14FN3O2S2. The predicted molar refractivity (Wildman–Crippen MR) is 110 cm³/mol. The largest absolute Gasteiger partial charge is 0.497 e. The molecular weight excluding hydrogens is 397 g/mol. The van der Waals surface area contributed by atoms with Gasteiger partial charge in [-0.1, -0.05) is 30.0 Å². The molecule has 2 heterocycles. The van der Waals surface area contributed by atoms with Crippen molar-refractivity contribution in [3.05, 3.63) is 64.2 Å². The van der Waals surface area contributed by atoms with E-state index in [9.17, 15) is 9.18 Å². The van der Waals surface area contributed by atoms with Gasteiger partial charge in [-0.2, -0.15) is 5.26 Å². The molecule has 0 aliphatic heterocycles. The number of fused-ring (bicyclic) bond motifs is 3. The van der Waals surface area contributed by atoms with E-state index in [0.29, 0.717) is 32.0 Å². The molecule has 0 atom stereocenters. The van der Waals surface area contributed by atoms with Gasteiger partial charge in [0.2, 0.25) is 0 Å². The highest BCUT2D eigenvalue weighted by Crippen LogP contribution is 2.33. The first-order chi connectivity index (χ1) is 13.6. The zero-order valence-electron chi connectivity index (χ0n) is 14.8. The van der Waals surface area contributed by atoms with Crippen molar-refractivity contribution in [2.45, 2.75) is 11.7 Å². The molecule has 0 fully saturated rings. The van der Waals surface area contributed by atoms with Crippen molar-refractivity contribution in [2.24, 2.45) is 0 Å². The number of methoxy groups -OCH3 is 1. The molecule has 0 aliphatic rings. The van der Waals surface area contributed by atoms with Crippen molar-refractivity contribution in [1.29, 1.82) is 5.26 Å². The van der Waals surface area contributed by atoms with Crippen molar-refractivity contribution < 1.29 is 9.13 Å². The lowest BCUT2D eigenvalue weighted by Crippen LogP contribution is -2.23. The van der Waals surface area contributed by atoms with Crippen molar-refractivity contribution in [3.8, 4) is 11.8 Å². The first-order valence-corrected chi connectivity index (χ1v) is 10.2. The average Bonchev–Trinajstić information content (AvgIpc) is 3.09. The summed E-state index contributed by atoms with van der Waals surface area (Å²) in [5, 5.41) is 9.72. The normalized spacial score (nSPS) is 11.0. The molecule has 140 valence electrons. The Morgan fingerprint density at radius 3 is 2.79 bits per heavy atom. The average molecular weight is 411 g/mol. The van der Waals surface area contributed by atoms with Crippen molar-refractivity contribution >= 4 is 43.4 Å². The minimum Gasteiger partial charge on any atom is -0.497 e. The lowest BCUT2D eigenvalue weighted by atomic mass is 10.2. The van der Waals surface area contributed by atoms with Crippen molar-refractivity contribution in [1.82, 2.24) is 9.55 Å². The Bertz CT molecular complexity index is 1270. The van der Waals surface area contributed by atoms with Crippen LogP contribution in [0.15, 0.2) is 52.4 Å². The summed E-state index contributed by atoms with van der Waals surface area (Å²) in [7, 11) is 1.59. The maximum Gasteiger partial charge on any atom is 0.272 e. The molecule has 0 unspecified atom stereocenters. The first-order valence-electron chi connectivity index (χ1n) is 8.36. The van der Waals surface area contributed by atoms with Gasteiger partial charge in [0.05, 0.1) is 30.9 Å². The predicted octanol–water partition coefficient (Wildman–Crippen LogP) is 4.42. The summed E-state index contributed by atoms with van der Waals surface area (Å²) in [6.07, 6.45) is 0. The standard InChI is InChI=1S/C20H14FN3O2S2/c1-26-13-7-5-12(6-8-13)11-24-19(25)18-17(23-20(24)27-10-9-22)16-14(21)3-2-4-15(16)28-18/h2-8H,10-11H2,1H3. The van der Waals surface area contributed by atoms with Gasteiger partial charge in [-0.05, 0) is 29.8 Å². The Hall–Kier alpha value is -2.89. The summed E-state index contributed by atoms with van der Waals surface area (Å²) < 4.78 is 22.2. The highest BCUT2D eigenvalue weighted by molar-refractivity contribution is 7.99. The molecule has 8 heteroatoms. The molecule has 0 aliphatic carbocycles. The minimum atomic E-state index is -0.403. The van der Waals surface area contributed by atoms with E-state index >= 15 is 0 Å². The molecule has 0 amide bonds. The fourth-order valence-corrected chi connectivity index (χ4v) is 4.73. The Kier molecular flexibility index (Phi) is 5.03. The van der Waals surface area contributed by atoms with E-state index in [4.69, 9.17) is 10.00 Å². The van der Waals surface area contributed by atoms with Crippen LogP contribution in [-0.4, -0.2) is 22.4 Å². The number of halogens is 1. The van der Waals surface area contributed by atoms with E-state index in [1.807, 2.05) is 24.3 Å². The van der Waals surface area contributed by atoms with E-state index in [2.05, 4.69) is 11.1 Å². The smallest absolute Gasteiger partial charge is 0.272 e. The summed E-state index contributed by atoms with van der Waals surface area (Å²) in [5.41, 5.74) is 1.02. The summed E-state index contributed by atoms with van der Waals surface area (Å²) in [6, 6.07) is 14.2. The second kappa shape index (κ2) is 7.62. The van der Waals surface area contributed by atoms with Gasteiger partial charge in [0, 0.05) is 4.70 Å². The number of benzene rings is 2. The maximum atomic E-state index is 14.4. The Morgan fingerprint density at radius 1 is 1.29 bits per heavy atom. The van der Waals surface area contributed by atoms with Crippen LogP contribution >= 0.6 is 23.1 Å². The van der Waals surface area contributed by atoms with Crippen LogP contribution in [0.4, 0.5) is 4.39 Å². The molecule has 0 saturated carbocycles. The maximum absolute atomic E-state index is 14.4. The molecule has 4 rings (SSSR count). The number of rotatable bonds is 5. The first kappa shape index (κ1) is 18.5. The van der Waals surface area contributed by atoms with Gasteiger partial charge in [-0.25, -0.2) is 9.37 Å². The zero-order chi connectivity index (χ0) is 19.7. The lowest BCUT2D eigenvalue weighted by Gasteiger charge is -2.11. The molecule has 28 heavy (non-hydrogen) atoms. The minimum absolute atomic E-state index is 0.144. The highest BCUT2D eigenvalue weighted by atomic mass is 32.2. The molecule has 5 nitrogen and oxygen atoms in total. The molecule has 2 aromatic heterocycles. The van der Waals surface area contributed by atoms with Crippen molar-refractivity contribution in [2.75, 3.05) is 12.9 Å². The zero-order valence-corrected chi connectivity index (χ0v) is 16.4. The van der Waals surface area contributed by atoms with Gasteiger partial charge in [-0.3, -0.25) is 9.36 Å². The van der Waals surface area contributed by atoms with Crippen LogP contribution in [0.25, 0.3) is 20.3 Å². The fourth-order valence-electron chi connectivity index (χ4n) is 2.97. The third-order valence-corrected chi connectivity index (χ3v) is 6.26. The Labute approximate surface area is 168 Å². The van der Waals surface area contributed by atoms with Crippen LogP contribution in [0.1, 0.15) is 5.56 Å². The molecule has 0 saturated heterocycles. The van der Waals surface area contributed by atoms with Gasteiger partial charge in [-0.15, -0.1) is 11.3 Å². The number of ether oxygens (including phenoxy) is 1. The van der Waals surface area contributed by atoms with E-state index in [-0.39, 0.29) is 11.3 Å². The lowest BCUT2D eigenvalue weighted by molar-refractivity contribution is 0.414. The Morgan fingerprint density at radius 2 is 2.07 bits per heavy atom. The summed E-state index contributed by atoms with van der Waals surface area (Å²) in [6.45, 7) is 0.302. The van der Waals surface area contributed by atoms with Gasteiger partial charge in [0.15, 0.2) is 5.16 Å². The number of hydrogen-bond donors (Lipinski definition) is 0.